The second-order valence-corrected chi connectivity index (χ2v) is 6.06. The van der Waals surface area contributed by atoms with E-state index in [4.69, 9.17) is 9.26 Å². The van der Waals surface area contributed by atoms with Crippen molar-refractivity contribution in [2.24, 2.45) is 0 Å². The first-order valence-corrected chi connectivity index (χ1v) is 8.34. The summed E-state index contributed by atoms with van der Waals surface area (Å²) in [5.74, 6) is 2.57. The molecule has 0 bridgehead atoms. The van der Waals surface area contributed by atoms with Gasteiger partial charge in [-0.1, -0.05) is 35.5 Å². The number of hydrogen-bond acceptors (Lipinski definition) is 6. The van der Waals surface area contributed by atoms with Gasteiger partial charge in [-0.15, -0.1) is 0 Å². The molecule has 1 unspecified atom stereocenters. The Morgan fingerprint density at radius 1 is 1.16 bits per heavy atom. The monoisotopic (exact) mass is 337 g/mol. The summed E-state index contributed by atoms with van der Waals surface area (Å²) in [5, 5.41) is 16.9. The predicted octanol–water partition coefficient (Wildman–Crippen LogP) is 3.10. The quantitative estimate of drug-likeness (QED) is 0.745. The Bertz CT molecular complexity index is 862. The highest BCUT2D eigenvalue weighted by Crippen LogP contribution is 2.32. The number of nitrogens with zero attached hydrogens (tertiary/aromatic N) is 2. The first-order valence-electron chi connectivity index (χ1n) is 8.34. The van der Waals surface area contributed by atoms with Crippen LogP contribution >= 0.6 is 0 Å². The third-order valence-corrected chi connectivity index (χ3v) is 4.32. The van der Waals surface area contributed by atoms with Gasteiger partial charge in [0, 0.05) is 18.0 Å². The molecule has 2 aromatic carbocycles. The van der Waals surface area contributed by atoms with E-state index in [1.165, 1.54) is 5.56 Å². The van der Waals surface area contributed by atoms with Crippen molar-refractivity contribution in [2.45, 2.75) is 18.9 Å². The zero-order valence-electron chi connectivity index (χ0n) is 13.7. The number of aromatic hydroxyl groups is 1. The second kappa shape index (κ2) is 6.94. The molecule has 25 heavy (non-hydrogen) atoms. The van der Waals surface area contributed by atoms with Crippen LogP contribution < -0.4 is 10.1 Å². The summed E-state index contributed by atoms with van der Waals surface area (Å²) in [6.45, 7) is 2.07. The zero-order valence-corrected chi connectivity index (χ0v) is 13.7. The molecular formula is C19H19N3O3. The number of nitrogens with one attached hydrogen (secondary N) is 1. The van der Waals surface area contributed by atoms with E-state index in [0.717, 1.165) is 30.9 Å². The Kier molecular flexibility index (Phi) is 4.35. The fourth-order valence-corrected chi connectivity index (χ4v) is 3.07. The van der Waals surface area contributed by atoms with E-state index < -0.39 is 0 Å². The molecule has 1 aliphatic heterocycles. The van der Waals surface area contributed by atoms with Gasteiger partial charge < -0.3 is 19.7 Å². The van der Waals surface area contributed by atoms with Crippen LogP contribution in [-0.4, -0.2) is 28.4 Å². The summed E-state index contributed by atoms with van der Waals surface area (Å²) >= 11 is 0. The number of ether oxygens (including phenoxy) is 1. The minimum absolute atomic E-state index is 0.181. The molecule has 0 spiro atoms. The molecule has 0 radical (unpaired) electrons. The minimum atomic E-state index is 0.181. The maximum atomic E-state index is 9.54. The normalized spacial score (nSPS) is 16.2. The number of fused-ring (bicyclic) bond motifs is 1. The third-order valence-electron chi connectivity index (χ3n) is 4.32. The van der Waals surface area contributed by atoms with E-state index in [9.17, 15) is 5.11 Å². The Morgan fingerprint density at radius 3 is 3.00 bits per heavy atom. The average Bonchev–Trinajstić information content (AvgIpc) is 3.11. The zero-order chi connectivity index (χ0) is 17.1. The molecule has 128 valence electrons. The molecular weight excluding hydrogens is 318 g/mol. The molecule has 0 amide bonds. The van der Waals surface area contributed by atoms with Gasteiger partial charge in [-0.3, -0.25) is 0 Å². The van der Waals surface area contributed by atoms with Crippen molar-refractivity contribution in [1.82, 2.24) is 15.5 Å². The van der Waals surface area contributed by atoms with Crippen LogP contribution in [0.3, 0.4) is 0 Å². The summed E-state index contributed by atoms with van der Waals surface area (Å²) in [6.07, 6.45) is 0.988. The molecule has 6 heteroatoms. The molecule has 2 N–H and O–H groups in total. The number of aromatic nitrogens is 2. The smallest absolute Gasteiger partial charge is 0.240 e. The number of hydrogen-bond donors (Lipinski definition) is 2. The minimum Gasteiger partial charge on any atom is -0.508 e. The van der Waals surface area contributed by atoms with Gasteiger partial charge in [0.15, 0.2) is 0 Å². The molecule has 0 fully saturated rings. The van der Waals surface area contributed by atoms with Crippen LogP contribution in [0, 0.1) is 0 Å². The first kappa shape index (κ1) is 15.7. The highest BCUT2D eigenvalue weighted by atomic mass is 16.5. The SMILES string of the molecule is Oc1cccc(-c2noc(CNCC3CCOc4ccccc43)n2)c1. The fraction of sp³-hybridized carbons (Fsp3) is 0.263. The topological polar surface area (TPSA) is 80.4 Å². The van der Waals surface area contributed by atoms with Crippen molar-refractivity contribution in [1.29, 1.82) is 0 Å². The lowest BCUT2D eigenvalue weighted by Gasteiger charge is -2.25. The van der Waals surface area contributed by atoms with Crippen LogP contribution in [0.25, 0.3) is 11.4 Å². The van der Waals surface area contributed by atoms with E-state index >= 15 is 0 Å². The highest BCUT2D eigenvalue weighted by molar-refractivity contribution is 5.56. The van der Waals surface area contributed by atoms with Gasteiger partial charge in [-0.2, -0.15) is 4.98 Å². The second-order valence-electron chi connectivity index (χ2n) is 6.06. The predicted molar refractivity (Wildman–Crippen MR) is 92.4 cm³/mol. The fourth-order valence-electron chi connectivity index (χ4n) is 3.07. The maximum absolute atomic E-state index is 9.54. The van der Waals surface area contributed by atoms with Gasteiger partial charge in [0.1, 0.15) is 11.5 Å². The van der Waals surface area contributed by atoms with Crippen molar-refractivity contribution in [3.8, 4) is 22.9 Å². The van der Waals surface area contributed by atoms with Crippen LogP contribution in [0.1, 0.15) is 23.8 Å². The molecule has 2 heterocycles. The van der Waals surface area contributed by atoms with E-state index in [2.05, 4.69) is 21.5 Å². The largest absolute Gasteiger partial charge is 0.508 e. The summed E-state index contributed by atoms with van der Waals surface area (Å²) in [7, 11) is 0. The lowest BCUT2D eigenvalue weighted by Crippen LogP contribution is -2.25. The number of rotatable bonds is 5. The maximum Gasteiger partial charge on any atom is 0.240 e. The van der Waals surface area contributed by atoms with E-state index in [1.54, 1.807) is 18.2 Å². The van der Waals surface area contributed by atoms with Gasteiger partial charge in [-0.05, 0) is 30.2 Å². The number of para-hydroxylation sites is 1. The lowest BCUT2D eigenvalue weighted by atomic mass is 9.93. The van der Waals surface area contributed by atoms with Gasteiger partial charge in [0.2, 0.25) is 11.7 Å². The van der Waals surface area contributed by atoms with Crippen LogP contribution in [-0.2, 0) is 6.54 Å². The van der Waals surface area contributed by atoms with Crippen molar-refractivity contribution in [3.05, 3.63) is 60.0 Å². The van der Waals surface area contributed by atoms with Crippen molar-refractivity contribution >= 4 is 0 Å². The van der Waals surface area contributed by atoms with Gasteiger partial charge in [0.25, 0.3) is 0 Å². The standard InChI is InChI=1S/C19H19N3O3/c23-15-5-3-4-13(10-15)19-21-18(25-22-19)12-20-11-14-8-9-24-17-7-2-1-6-16(14)17/h1-7,10,14,20,23H,8-9,11-12H2. The van der Waals surface area contributed by atoms with Crippen molar-refractivity contribution in [2.75, 3.05) is 13.2 Å². The van der Waals surface area contributed by atoms with E-state index in [1.807, 2.05) is 24.3 Å². The molecule has 0 aliphatic carbocycles. The Balaban J connectivity index is 1.37. The van der Waals surface area contributed by atoms with Crippen LogP contribution in [0.5, 0.6) is 11.5 Å². The van der Waals surface area contributed by atoms with Crippen LogP contribution in [0.2, 0.25) is 0 Å². The third kappa shape index (κ3) is 3.49. The molecule has 6 nitrogen and oxygen atoms in total. The summed E-state index contributed by atoms with van der Waals surface area (Å²) in [5.41, 5.74) is 1.97. The number of phenolic OH excluding ortho intramolecular Hbond substituents is 1. The van der Waals surface area contributed by atoms with Crippen molar-refractivity contribution in [3.63, 3.8) is 0 Å². The number of benzene rings is 2. The summed E-state index contributed by atoms with van der Waals surface area (Å²) < 4.78 is 11.0. The molecule has 3 aromatic rings. The Morgan fingerprint density at radius 2 is 2.08 bits per heavy atom. The van der Waals surface area contributed by atoms with E-state index in [-0.39, 0.29) is 5.75 Å². The highest BCUT2D eigenvalue weighted by Gasteiger charge is 2.20. The van der Waals surface area contributed by atoms with Crippen LogP contribution in [0.4, 0.5) is 0 Å². The first-order chi connectivity index (χ1) is 12.3. The van der Waals surface area contributed by atoms with Gasteiger partial charge in [-0.25, -0.2) is 0 Å². The van der Waals surface area contributed by atoms with E-state index in [0.29, 0.717) is 24.2 Å². The molecule has 1 aromatic heterocycles. The molecule has 1 aliphatic rings. The lowest BCUT2D eigenvalue weighted by molar-refractivity contribution is 0.263. The molecule has 1 atom stereocenters. The van der Waals surface area contributed by atoms with Crippen LogP contribution in [0.15, 0.2) is 53.1 Å². The molecule has 0 saturated heterocycles. The van der Waals surface area contributed by atoms with Crippen molar-refractivity contribution < 1.29 is 14.4 Å². The van der Waals surface area contributed by atoms with Gasteiger partial charge >= 0.3 is 0 Å². The number of phenols is 1. The Labute approximate surface area is 145 Å². The average molecular weight is 337 g/mol. The summed E-state index contributed by atoms with van der Waals surface area (Å²) in [4.78, 5) is 4.37. The molecule has 4 rings (SSSR count). The van der Waals surface area contributed by atoms with Gasteiger partial charge in [0.05, 0.1) is 13.2 Å². The molecule has 0 saturated carbocycles. The summed E-state index contributed by atoms with van der Waals surface area (Å²) in [6, 6.07) is 15.0. The Hall–Kier alpha value is -2.86.